The van der Waals surface area contributed by atoms with Crippen LogP contribution in [0.3, 0.4) is 0 Å². The van der Waals surface area contributed by atoms with Gasteiger partial charge in [-0.15, -0.1) is 0 Å². The van der Waals surface area contributed by atoms with E-state index in [4.69, 9.17) is 9.98 Å². The Morgan fingerprint density at radius 3 is 1.02 bits per heavy atom. The van der Waals surface area contributed by atoms with Crippen LogP contribution in [0.15, 0.2) is 143 Å². The number of aromatic hydroxyl groups is 2. The topological polar surface area (TPSA) is 65.2 Å². The molecular formula is C48H44N2O2. The second-order valence-corrected chi connectivity index (χ2v) is 14.0. The highest BCUT2D eigenvalue weighted by molar-refractivity contribution is 6.16. The van der Waals surface area contributed by atoms with Crippen LogP contribution >= 0.6 is 0 Å². The van der Waals surface area contributed by atoms with E-state index in [2.05, 4.69) is 97.1 Å². The minimum Gasteiger partial charge on any atom is -0.507 e. The summed E-state index contributed by atoms with van der Waals surface area (Å²) in [5.41, 5.74) is 14.4. The van der Waals surface area contributed by atoms with Crippen molar-refractivity contribution in [2.45, 2.75) is 51.4 Å². The van der Waals surface area contributed by atoms with Crippen molar-refractivity contribution >= 4 is 11.4 Å². The first kappa shape index (κ1) is 33.4. The predicted octanol–water partition coefficient (Wildman–Crippen LogP) is 9.24. The molecule has 0 saturated heterocycles. The van der Waals surface area contributed by atoms with Crippen LogP contribution in [-0.4, -0.2) is 34.7 Å². The molecule has 0 saturated carbocycles. The van der Waals surface area contributed by atoms with Gasteiger partial charge in [0.2, 0.25) is 0 Å². The number of phenols is 2. The van der Waals surface area contributed by atoms with Gasteiger partial charge in [0.1, 0.15) is 11.5 Å². The molecule has 4 heteroatoms. The Kier molecular flexibility index (Phi) is 9.79. The lowest BCUT2D eigenvalue weighted by molar-refractivity contribution is 0.465. The van der Waals surface area contributed by atoms with Gasteiger partial charge in [0.05, 0.1) is 24.5 Å². The fraction of sp³-hybridized carbons (Fsp3) is 0.208. The number of rotatable bonds is 7. The zero-order valence-corrected chi connectivity index (χ0v) is 29.6. The van der Waals surface area contributed by atoms with Crippen molar-refractivity contribution in [3.63, 3.8) is 0 Å². The molecule has 8 bridgehead atoms. The van der Waals surface area contributed by atoms with Crippen molar-refractivity contribution in [2.24, 2.45) is 9.98 Å². The molecule has 0 amide bonds. The van der Waals surface area contributed by atoms with Crippen molar-refractivity contribution in [1.82, 2.24) is 0 Å². The van der Waals surface area contributed by atoms with Crippen LogP contribution in [0.5, 0.6) is 11.5 Å². The third-order valence-corrected chi connectivity index (χ3v) is 10.7. The maximum Gasteiger partial charge on any atom is 0.128 e. The molecule has 0 radical (unpaired) electrons. The van der Waals surface area contributed by atoms with Gasteiger partial charge >= 0.3 is 0 Å². The Labute approximate surface area is 306 Å². The lowest BCUT2D eigenvalue weighted by Gasteiger charge is -2.19. The van der Waals surface area contributed by atoms with Crippen molar-refractivity contribution < 1.29 is 10.2 Å². The fourth-order valence-electron chi connectivity index (χ4n) is 7.71. The Morgan fingerprint density at radius 1 is 0.365 bits per heavy atom. The third-order valence-electron chi connectivity index (χ3n) is 10.7. The molecule has 14 rings (SSSR count). The summed E-state index contributed by atoms with van der Waals surface area (Å²) in [4.78, 5) is 10.5. The second-order valence-electron chi connectivity index (χ2n) is 14.0. The van der Waals surface area contributed by atoms with Crippen LogP contribution in [0.4, 0.5) is 0 Å². The first-order chi connectivity index (χ1) is 25.6. The summed E-state index contributed by atoms with van der Waals surface area (Å²) in [6.07, 6.45) is 6.60. The average Bonchev–Trinajstić information content (AvgIpc) is 3.17. The highest BCUT2D eigenvalue weighted by Gasteiger charge is 2.22. The molecule has 0 unspecified atom stereocenters. The minimum atomic E-state index is 0.331. The van der Waals surface area contributed by atoms with E-state index in [-0.39, 0.29) is 0 Å². The Morgan fingerprint density at radius 2 is 0.673 bits per heavy atom. The highest BCUT2D eigenvalue weighted by atomic mass is 16.3. The minimum absolute atomic E-state index is 0.331. The quantitative estimate of drug-likeness (QED) is 0.130. The molecule has 0 spiro atoms. The molecule has 6 aromatic carbocycles. The van der Waals surface area contributed by atoms with Crippen molar-refractivity contribution in [1.29, 1.82) is 0 Å². The van der Waals surface area contributed by atoms with Gasteiger partial charge in [-0.25, -0.2) is 0 Å². The van der Waals surface area contributed by atoms with Gasteiger partial charge in [0, 0.05) is 22.3 Å². The number of aryl methyl sites for hydroxylation is 8. The van der Waals surface area contributed by atoms with Crippen LogP contribution in [0, 0.1) is 0 Å². The second kappa shape index (κ2) is 15.2. The number of phenolic OH excluding ortho intramolecular Hbond substituents is 2. The standard InChI is InChI=1S/C48H44N2O2/c51-47-41-25-21-35-15-11-33(12-16-35)19-23-37(27-29-41)43(47)45(39-7-3-1-4-8-39)49-31-32-50-46(40-9-5-2-6-10-40)44-38-24-20-34-13-17-36(18-14-34)22-26-42(30-28-38)48(44)52/h1-18,27-30,51-52H,19-26,31-32H2. The molecule has 0 fully saturated rings. The summed E-state index contributed by atoms with van der Waals surface area (Å²) in [5.74, 6) is 0.662. The van der Waals surface area contributed by atoms with Crippen LogP contribution < -0.4 is 0 Å². The van der Waals surface area contributed by atoms with E-state index >= 15 is 0 Å². The largest absolute Gasteiger partial charge is 0.507 e. The van der Waals surface area contributed by atoms with Crippen LogP contribution in [0.1, 0.15) is 66.8 Å². The molecule has 258 valence electrons. The van der Waals surface area contributed by atoms with Gasteiger partial charge in [-0.05, 0) is 95.9 Å². The first-order valence-corrected chi connectivity index (χ1v) is 18.6. The van der Waals surface area contributed by atoms with Crippen molar-refractivity contribution in [3.8, 4) is 11.5 Å². The molecule has 4 nitrogen and oxygen atoms in total. The average molecular weight is 681 g/mol. The summed E-state index contributed by atoms with van der Waals surface area (Å²) in [6, 6.07) is 46.8. The summed E-state index contributed by atoms with van der Waals surface area (Å²) in [7, 11) is 0. The van der Waals surface area contributed by atoms with E-state index in [1.54, 1.807) is 0 Å². The summed E-state index contributed by atoms with van der Waals surface area (Å²) < 4.78 is 0. The molecule has 8 aliphatic rings. The number of nitrogens with zero attached hydrogens (tertiary/aromatic N) is 2. The monoisotopic (exact) mass is 680 g/mol. The van der Waals surface area contributed by atoms with E-state index in [9.17, 15) is 10.2 Å². The molecule has 8 aliphatic carbocycles. The van der Waals surface area contributed by atoms with Gasteiger partial charge < -0.3 is 10.2 Å². The smallest absolute Gasteiger partial charge is 0.128 e. The van der Waals surface area contributed by atoms with Gasteiger partial charge in [0.25, 0.3) is 0 Å². The molecule has 52 heavy (non-hydrogen) atoms. The predicted molar refractivity (Wildman–Crippen MR) is 213 cm³/mol. The summed E-state index contributed by atoms with van der Waals surface area (Å²) >= 11 is 0. The lowest BCUT2D eigenvalue weighted by atomic mass is 9.88. The zero-order chi connectivity index (χ0) is 35.3. The Bertz CT molecular complexity index is 2070. The molecule has 2 N–H and O–H groups in total. The SMILES string of the molecule is Oc1c2ccc(c1C(=NCCN=C(c1ccccc1)c1c3ccc(c1O)CCc1ccc(cc1)CC3)c1ccccc1)CCc1ccc(cc1)CC2. The lowest BCUT2D eigenvalue weighted by Crippen LogP contribution is -2.13. The molecule has 0 atom stereocenters. The van der Waals surface area contributed by atoms with Gasteiger partial charge in [0.15, 0.2) is 0 Å². The molecule has 0 aliphatic heterocycles. The van der Waals surface area contributed by atoms with Crippen LogP contribution in [0.2, 0.25) is 0 Å². The third kappa shape index (κ3) is 7.20. The molecule has 0 aromatic heterocycles. The number of aliphatic imine (C=N–C) groups is 2. The van der Waals surface area contributed by atoms with E-state index in [0.717, 1.165) is 107 Å². The van der Waals surface area contributed by atoms with E-state index in [1.165, 1.54) is 22.3 Å². The van der Waals surface area contributed by atoms with Crippen molar-refractivity contribution in [3.05, 3.63) is 200 Å². The highest BCUT2D eigenvalue weighted by Crippen LogP contribution is 2.34. The van der Waals surface area contributed by atoms with E-state index < -0.39 is 0 Å². The normalized spacial score (nSPS) is 14.5. The number of hydrogen-bond donors (Lipinski definition) is 2. The first-order valence-electron chi connectivity index (χ1n) is 18.6. The van der Waals surface area contributed by atoms with Gasteiger partial charge in [-0.3, -0.25) is 9.98 Å². The Hall–Kier alpha value is -5.74. The van der Waals surface area contributed by atoms with E-state index in [0.29, 0.717) is 24.6 Å². The van der Waals surface area contributed by atoms with Gasteiger partial charge in [-0.2, -0.15) is 0 Å². The molecule has 0 heterocycles. The number of hydrogen-bond acceptors (Lipinski definition) is 4. The van der Waals surface area contributed by atoms with Gasteiger partial charge in [-0.1, -0.05) is 133 Å². The maximum atomic E-state index is 11.9. The number of benzene rings is 6. The fourth-order valence-corrected chi connectivity index (χ4v) is 7.71. The van der Waals surface area contributed by atoms with Crippen LogP contribution in [-0.2, 0) is 51.4 Å². The molecule has 6 aromatic rings. The van der Waals surface area contributed by atoms with E-state index in [1.807, 2.05) is 36.4 Å². The zero-order valence-electron chi connectivity index (χ0n) is 29.6. The Balaban J connectivity index is 1.18. The van der Waals surface area contributed by atoms with Crippen LogP contribution in [0.25, 0.3) is 0 Å². The maximum absolute atomic E-state index is 11.9. The summed E-state index contributed by atoms with van der Waals surface area (Å²) in [5, 5.41) is 23.8. The summed E-state index contributed by atoms with van der Waals surface area (Å²) in [6.45, 7) is 0.845. The molecular weight excluding hydrogens is 637 g/mol. The van der Waals surface area contributed by atoms with Crippen molar-refractivity contribution in [2.75, 3.05) is 13.1 Å².